The van der Waals surface area contributed by atoms with Crippen molar-refractivity contribution in [3.8, 4) is 0 Å². The summed E-state index contributed by atoms with van der Waals surface area (Å²) in [6.07, 6.45) is -0.763. The summed E-state index contributed by atoms with van der Waals surface area (Å²) in [4.78, 5) is 15.8. The Hall–Kier alpha value is -1.91. The summed E-state index contributed by atoms with van der Waals surface area (Å²) in [5.74, 6) is -0.419. The van der Waals surface area contributed by atoms with Crippen LogP contribution in [-0.2, 0) is 9.63 Å². The van der Waals surface area contributed by atoms with Crippen molar-refractivity contribution in [1.82, 2.24) is 0 Å². The SMILES string of the molecule is Nc1ccccc1C1ON=NC1=O. The number of para-hydroxylation sites is 1. The van der Waals surface area contributed by atoms with Gasteiger partial charge in [-0.2, -0.15) is 0 Å². The van der Waals surface area contributed by atoms with Crippen molar-refractivity contribution in [2.24, 2.45) is 10.4 Å². The summed E-state index contributed by atoms with van der Waals surface area (Å²) in [5.41, 5.74) is 6.76. The highest BCUT2D eigenvalue weighted by molar-refractivity contribution is 5.84. The number of benzene rings is 1. The largest absolute Gasteiger partial charge is 0.398 e. The van der Waals surface area contributed by atoms with Crippen LogP contribution in [0.15, 0.2) is 34.7 Å². The van der Waals surface area contributed by atoms with Gasteiger partial charge in [0, 0.05) is 16.5 Å². The second kappa shape index (κ2) is 2.85. The molecule has 13 heavy (non-hydrogen) atoms. The predicted octanol–water partition coefficient (Wildman–Crippen LogP) is 1.23. The van der Waals surface area contributed by atoms with Gasteiger partial charge in [-0.15, -0.1) is 0 Å². The van der Waals surface area contributed by atoms with Crippen LogP contribution in [0.25, 0.3) is 0 Å². The minimum Gasteiger partial charge on any atom is -0.398 e. The highest BCUT2D eigenvalue weighted by Crippen LogP contribution is 2.28. The third kappa shape index (κ3) is 1.24. The maximum absolute atomic E-state index is 11.1. The average Bonchev–Trinajstić information content (AvgIpc) is 2.52. The summed E-state index contributed by atoms with van der Waals surface area (Å²) in [6.45, 7) is 0. The highest BCUT2D eigenvalue weighted by Gasteiger charge is 2.28. The number of nitrogens with two attached hydrogens (primary N) is 1. The number of hydrogen-bond acceptors (Lipinski definition) is 4. The van der Waals surface area contributed by atoms with Crippen LogP contribution in [-0.4, -0.2) is 5.91 Å². The van der Waals surface area contributed by atoms with E-state index in [-0.39, 0.29) is 0 Å². The topological polar surface area (TPSA) is 77.0 Å². The van der Waals surface area contributed by atoms with E-state index in [1.807, 2.05) is 0 Å². The van der Waals surface area contributed by atoms with Crippen LogP contribution in [0.4, 0.5) is 5.69 Å². The van der Waals surface area contributed by atoms with E-state index in [1.165, 1.54) is 0 Å². The van der Waals surface area contributed by atoms with Crippen LogP contribution < -0.4 is 5.73 Å². The molecule has 5 nitrogen and oxygen atoms in total. The quantitative estimate of drug-likeness (QED) is 0.655. The Morgan fingerprint density at radius 3 is 2.77 bits per heavy atom. The summed E-state index contributed by atoms with van der Waals surface area (Å²) in [7, 11) is 0. The average molecular weight is 177 g/mol. The molecule has 0 aliphatic carbocycles. The van der Waals surface area contributed by atoms with Gasteiger partial charge in [-0.1, -0.05) is 23.3 Å². The van der Waals surface area contributed by atoms with Gasteiger partial charge in [-0.05, 0) is 6.07 Å². The number of hydrogen-bond donors (Lipinski definition) is 1. The number of rotatable bonds is 1. The third-order valence-corrected chi connectivity index (χ3v) is 1.79. The first-order valence-corrected chi connectivity index (χ1v) is 3.74. The van der Waals surface area contributed by atoms with Gasteiger partial charge in [0.15, 0.2) is 0 Å². The third-order valence-electron chi connectivity index (χ3n) is 1.79. The second-order valence-corrected chi connectivity index (χ2v) is 2.63. The molecule has 0 fully saturated rings. The molecule has 0 aromatic heterocycles. The molecular formula is C8H7N3O2. The van der Waals surface area contributed by atoms with Crippen LogP contribution in [0.5, 0.6) is 0 Å². The van der Waals surface area contributed by atoms with Crippen molar-refractivity contribution in [2.75, 3.05) is 5.73 Å². The number of nitrogen functional groups attached to an aromatic ring is 1. The van der Waals surface area contributed by atoms with Gasteiger partial charge in [0.1, 0.15) is 0 Å². The van der Waals surface area contributed by atoms with E-state index in [0.29, 0.717) is 11.3 Å². The summed E-state index contributed by atoms with van der Waals surface area (Å²) >= 11 is 0. The molecular weight excluding hydrogens is 170 g/mol. The highest BCUT2D eigenvalue weighted by atomic mass is 16.7. The van der Waals surface area contributed by atoms with E-state index >= 15 is 0 Å². The fraction of sp³-hybridized carbons (Fsp3) is 0.125. The Morgan fingerprint density at radius 2 is 2.15 bits per heavy atom. The van der Waals surface area contributed by atoms with Gasteiger partial charge >= 0.3 is 5.91 Å². The zero-order valence-electron chi connectivity index (χ0n) is 6.68. The summed E-state index contributed by atoms with van der Waals surface area (Å²) in [5, 5.41) is 6.43. The second-order valence-electron chi connectivity index (χ2n) is 2.63. The Bertz CT molecular complexity index is 375. The van der Waals surface area contributed by atoms with Gasteiger partial charge in [0.2, 0.25) is 6.10 Å². The van der Waals surface area contributed by atoms with Crippen molar-refractivity contribution in [3.05, 3.63) is 29.8 Å². The number of nitrogens with zero attached hydrogens (tertiary/aromatic N) is 2. The Balaban J connectivity index is 2.36. The van der Waals surface area contributed by atoms with Crippen LogP contribution >= 0.6 is 0 Å². The van der Waals surface area contributed by atoms with E-state index in [2.05, 4.69) is 10.4 Å². The summed E-state index contributed by atoms with van der Waals surface area (Å²) in [6, 6.07) is 6.98. The van der Waals surface area contributed by atoms with Crippen LogP contribution in [0, 0.1) is 0 Å². The van der Waals surface area contributed by atoms with E-state index in [4.69, 9.17) is 10.6 Å². The molecule has 1 atom stereocenters. The molecule has 1 heterocycles. The zero-order chi connectivity index (χ0) is 9.26. The molecule has 0 bridgehead atoms. The molecule has 1 amide bonds. The van der Waals surface area contributed by atoms with Gasteiger partial charge < -0.3 is 10.6 Å². The maximum Gasteiger partial charge on any atom is 0.315 e. The van der Waals surface area contributed by atoms with E-state index in [0.717, 1.165) is 0 Å². The van der Waals surface area contributed by atoms with Crippen molar-refractivity contribution in [2.45, 2.75) is 6.10 Å². The minimum absolute atomic E-state index is 0.419. The van der Waals surface area contributed by atoms with Crippen molar-refractivity contribution >= 4 is 11.6 Å². The van der Waals surface area contributed by atoms with Gasteiger partial charge in [0.25, 0.3) is 0 Å². The van der Waals surface area contributed by atoms with Crippen LogP contribution in [0.3, 0.4) is 0 Å². The van der Waals surface area contributed by atoms with E-state index in [9.17, 15) is 4.79 Å². The van der Waals surface area contributed by atoms with Crippen LogP contribution in [0.2, 0.25) is 0 Å². The Labute approximate surface area is 74.2 Å². The first kappa shape index (κ1) is 7.72. The van der Waals surface area contributed by atoms with Crippen LogP contribution in [0.1, 0.15) is 11.7 Å². The lowest BCUT2D eigenvalue weighted by Gasteiger charge is -2.07. The van der Waals surface area contributed by atoms with E-state index < -0.39 is 12.0 Å². The smallest absolute Gasteiger partial charge is 0.315 e. The molecule has 66 valence electrons. The first-order valence-electron chi connectivity index (χ1n) is 3.74. The molecule has 1 aromatic rings. The normalized spacial score (nSPS) is 20.3. The molecule has 1 aliphatic heterocycles. The monoisotopic (exact) mass is 177 g/mol. The van der Waals surface area contributed by atoms with Gasteiger partial charge in [-0.3, -0.25) is 4.79 Å². The zero-order valence-corrected chi connectivity index (χ0v) is 6.68. The molecule has 0 saturated heterocycles. The molecule has 5 heteroatoms. The fourth-order valence-electron chi connectivity index (χ4n) is 1.15. The molecule has 1 aromatic carbocycles. The van der Waals surface area contributed by atoms with Gasteiger partial charge in [-0.25, -0.2) is 0 Å². The molecule has 0 radical (unpaired) electrons. The number of anilines is 1. The number of carbonyl (C=O) groups is 1. The predicted molar refractivity (Wildman–Crippen MR) is 44.5 cm³/mol. The fourth-order valence-corrected chi connectivity index (χ4v) is 1.15. The Kier molecular flexibility index (Phi) is 1.70. The molecule has 0 spiro atoms. The number of amides is 1. The molecule has 0 saturated carbocycles. The lowest BCUT2D eigenvalue weighted by atomic mass is 10.1. The maximum atomic E-state index is 11.1. The molecule has 1 aliphatic rings. The van der Waals surface area contributed by atoms with Crippen molar-refractivity contribution in [3.63, 3.8) is 0 Å². The molecule has 2 N–H and O–H groups in total. The lowest BCUT2D eigenvalue weighted by molar-refractivity contribution is -0.123. The lowest BCUT2D eigenvalue weighted by Crippen LogP contribution is -2.08. The van der Waals surface area contributed by atoms with Crippen molar-refractivity contribution in [1.29, 1.82) is 0 Å². The van der Waals surface area contributed by atoms with E-state index in [1.54, 1.807) is 24.3 Å². The molecule has 2 rings (SSSR count). The Morgan fingerprint density at radius 1 is 1.38 bits per heavy atom. The van der Waals surface area contributed by atoms with Gasteiger partial charge in [0.05, 0.1) is 0 Å². The minimum atomic E-state index is -0.763. The number of carbonyl (C=O) groups excluding carboxylic acids is 1. The summed E-state index contributed by atoms with van der Waals surface area (Å²) < 4.78 is 0. The first-order chi connectivity index (χ1) is 6.29. The molecule has 1 unspecified atom stereocenters. The van der Waals surface area contributed by atoms with Crippen molar-refractivity contribution < 1.29 is 9.63 Å². The standard InChI is InChI=1S/C8H7N3O2/c9-6-4-2-1-3-5(6)7-8(12)10-11-13-7/h1-4,7H,9H2.